The first-order valence-corrected chi connectivity index (χ1v) is 5.59. The van der Waals surface area contributed by atoms with Gasteiger partial charge in [-0.1, -0.05) is 0 Å². The quantitative estimate of drug-likeness (QED) is 0.533. The standard InChI is InChI=1S/C10H15.2ClH.Zr/c1-3-4-5-10-7-6-9(2)8-10;;;/h7H,3-6H2,1-2H3;2*1H;/q;;;+2/p-2. The Morgan fingerprint density at radius 2 is 2.00 bits per heavy atom. The van der Waals surface area contributed by atoms with Gasteiger partial charge in [-0.3, -0.25) is 0 Å². The van der Waals surface area contributed by atoms with E-state index in [1.807, 2.05) is 0 Å². The minimum absolute atomic E-state index is 0. The molecule has 0 heterocycles. The maximum Gasteiger partial charge on any atom is -1.00 e. The van der Waals surface area contributed by atoms with Gasteiger partial charge in [0, 0.05) is 0 Å². The molecule has 0 atom stereocenters. The van der Waals surface area contributed by atoms with Crippen LogP contribution in [0, 0.1) is 0 Å². The second-order valence-corrected chi connectivity index (χ2v) is 4.42. The van der Waals surface area contributed by atoms with Gasteiger partial charge in [0.1, 0.15) is 0 Å². The maximum atomic E-state index is 2.41. The summed E-state index contributed by atoms with van der Waals surface area (Å²) in [5.74, 6) is 0. The summed E-state index contributed by atoms with van der Waals surface area (Å²) in [6, 6.07) is 0. The van der Waals surface area contributed by atoms with E-state index in [0.29, 0.717) is 0 Å². The third kappa shape index (κ3) is 4.81. The van der Waals surface area contributed by atoms with Gasteiger partial charge in [0.25, 0.3) is 0 Å². The van der Waals surface area contributed by atoms with Crippen LogP contribution in [0.2, 0.25) is 0 Å². The Kier molecular flexibility index (Phi) is 10.4. The van der Waals surface area contributed by atoms with Crippen LogP contribution in [-0.2, 0) is 24.7 Å². The average molecular weight is 297 g/mol. The predicted octanol–water partition coefficient (Wildman–Crippen LogP) is -2.66. The molecule has 1 aliphatic carbocycles. The van der Waals surface area contributed by atoms with E-state index in [-0.39, 0.29) is 24.8 Å². The summed E-state index contributed by atoms with van der Waals surface area (Å²) >= 11 is 1.60. The first-order chi connectivity index (χ1) is 5.25. The van der Waals surface area contributed by atoms with E-state index in [9.17, 15) is 0 Å². The van der Waals surface area contributed by atoms with Crippen LogP contribution in [0.1, 0.15) is 39.5 Å². The zero-order valence-electron chi connectivity index (χ0n) is 8.16. The van der Waals surface area contributed by atoms with E-state index < -0.39 is 0 Å². The second kappa shape index (κ2) is 8.27. The minimum Gasteiger partial charge on any atom is -1.00 e. The fourth-order valence-electron chi connectivity index (χ4n) is 1.35. The normalized spacial score (nSPS) is 14.9. The molecule has 0 amide bonds. The van der Waals surface area contributed by atoms with Crippen molar-refractivity contribution in [3.05, 3.63) is 20.5 Å². The van der Waals surface area contributed by atoms with Gasteiger partial charge in [-0.15, -0.1) is 0 Å². The molecule has 0 radical (unpaired) electrons. The molecule has 0 spiro atoms. The Morgan fingerprint density at radius 3 is 2.38 bits per heavy atom. The fraction of sp³-hybridized carbons (Fsp3) is 0.600. The van der Waals surface area contributed by atoms with Crippen molar-refractivity contribution in [1.29, 1.82) is 0 Å². The second-order valence-electron chi connectivity index (χ2n) is 3.19. The van der Waals surface area contributed by atoms with Crippen molar-refractivity contribution < 1.29 is 49.5 Å². The zero-order valence-corrected chi connectivity index (χ0v) is 12.1. The summed E-state index contributed by atoms with van der Waals surface area (Å²) in [6.45, 7) is 4.52. The van der Waals surface area contributed by atoms with Gasteiger partial charge in [-0.2, -0.15) is 0 Å². The molecule has 0 aromatic heterocycles. The molecular formula is C10H15Cl2Zr. The molecule has 1 aliphatic rings. The van der Waals surface area contributed by atoms with E-state index in [2.05, 4.69) is 19.9 Å². The monoisotopic (exact) mass is 295 g/mol. The Hall–Kier alpha value is 0.943. The number of halogens is 2. The van der Waals surface area contributed by atoms with Crippen LogP contribution in [0.5, 0.6) is 0 Å². The van der Waals surface area contributed by atoms with E-state index in [4.69, 9.17) is 0 Å². The van der Waals surface area contributed by atoms with Gasteiger partial charge in [-0.25, -0.2) is 0 Å². The molecule has 3 heteroatoms. The first kappa shape index (κ1) is 16.4. The van der Waals surface area contributed by atoms with Crippen LogP contribution in [0.4, 0.5) is 0 Å². The number of unbranched alkanes of at least 4 members (excludes halogenated alkanes) is 1. The van der Waals surface area contributed by atoms with E-state index >= 15 is 0 Å². The smallest absolute Gasteiger partial charge is 1.00 e. The molecule has 1 rings (SSSR count). The average Bonchev–Trinajstić information content (AvgIpc) is 2.31. The third-order valence-corrected chi connectivity index (χ3v) is 4.04. The Balaban J connectivity index is 0. The van der Waals surface area contributed by atoms with Gasteiger partial charge in [0.2, 0.25) is 0 Å². The molecule has 0 saturated carbocycles. The van der Waals surface area contributed by atoms with Crippen molar-refractivity contribution in [2.75, 3.05) is 0 Å². The predicted molar refractivity (Wildman–Crippen MR) is 44.9 cm³/mol. The van der Waals surface area contributed by atoms with Crippen LogP contribution in [-0.4, -0.2) is 0 Å². The molecule has 13 heavy (non-hydrogen) atoms. The van der Waals surface area contributed by atoms with Crippen molar-refractivity contribution in [2.45, 2.75) is 39.5 Å². The van der Waals surface area contributed by atoms with E-state index in [1.165, 1.54) is 25.7 Å². The summed E-state index contributed by atoms with van der Waals surface area (Å²) in [6.07, 6.45) is 7.62. The van der Waals surface area contributed by atoms with Gasteiger partial charge in [0.05, 0.1) is 0 Å². The summed E-state index contributed by atoms with van der Waals surface area (Å²) in [5.41, 5.74) is 3.25. The van der Waals surface area contributed by atoms with Crippen LogP contribution in [0.15, 0.2) is 20.5 Å². The van der Waals surface area contributed by atoms with Crippen molar-refractivity contribution in [3.63, 3.8) is 0 Å². The van der Waals surface area contributed by atoms with Gasteiger partial charge < -0.3 is 24.8 Å². The van der Waals surface area contributed by atoms with Gasteiger partial charge in [0.15, 0.2) is 0 Å². The van der Waals surface area contributed by atoms with Crippen LogP contribution < -0.4 is 24.8 Å². The van der Waals surface area contributed by atoms with Crippen molar-refractivity contribution in [2.24, 2.45) is 0 Å². The molecular weight excluding hydrogens is 282 g/mol. The number of hydrogen-bond acceptors (Lipinski definition) is 0. The summed E-state index contributed by atoms with van der Waals surface area (Å²) < 4.78 is 1.64. The number of rotatable bonds is 3. The Bertz CT molecular complexity index is 207. The van der Waals surface area contributed by atoms with E-state index in [1.54, 1.807) is 39.1 Å². The molecule has 0 unspecified atom stereocenters. The maximum absolute atomic E-state index is 2.41. The Morgan fingerprint density at radius 1 is 1.38 bits per heavy atom. The fourth-order valence-corrected chi connectivity index (χ4v) is 2.16. The first-order valence-electron chi connectivity index (χ1n) is 4.36. The molecule has 0 aliphatic heterocycles. The molecule has 0 fully saturated rings. The van der Waals surface area contributed by atoms with Crippen LogP contribution in [0.3, 0.4) is 0 Å². The molecule has 73 valence electrons. The van der Waals surface area contributed by atoms with Crippen LogP contribution >= 0.6 is 0 Å². The largest absolute Gasteiger partial charge is 1.00 e. The van der Waals surface area contributed by atoms with Crippen molar-refractivity contribution in [3.8, 4) is 0 Å². The van der Waals surface area contributed by atoms with Crippen LogP contribution in [0.25, 0.3) is 0 Å². The number of allylic oxidation sites excluding steroid dienone is 4. The number of hydrogen-bond donors (Lipinski definition) is 0. The SMILES string of the molecule is CCCCC1=CCC(C)=[C]1[Zr+2].[Cl-].[Cl-]. The molecule has 0 aromatic carbocycles. The summed E-state index contributed by atoms with van der Waals surface area (Å²) in [5, 5.41) is 0. The molecule has 0 aromatic rings. The molecule has 0 bridgehead atoms. The van der Waals surface area contributed by atoms with E-state index in [0.717, 1.165) is 0 Å². The Labute approximate surface area is 109 Å². The minimum atomic E-state index is 0. The van der Waals surface area contributed by atoms with Crippen molar-refractivity contribution >= 4 is 0 Å². The molecule has 0 nitrogen and oxygen atoms in total. The summed E-state index contributed by atoms with van der Waals surface area (Å²) in [7, 11) is 0. The molecule has 0 N–H and O–H groups in total. The third-order valence-electron chi connectivity index (χ3n) is 2.20. The summed E-state index contributed by atoms with van der Waals surface area (Å²) in [4.78, 5) is 0. The zero-order chi connectivity index (χ0) is 8.27. The van der Waals surface area contributed by atoms with Crippen molar-refractivity contribution in [1.82, 2.24) is 0 Å². The topological polar surface area (TPSA) is 0 Å². The van der Waals surface area contributed by atoms with Gasteiger partial charge in [-0.05, 0) is 0 Å². The molecule has 0 saturated heterocycles. The van der Waals surface area contributed by atoms with Gasteiger partial charge >= 0.3 is 84.8 Å².